The summed E-state index contributed by atoms with van der Waals surface area (Å²) in [5.41, 5.74) is 0. The Morgan fingerprint density at radius 3 is 2.76 bits per heavy atom. The minimum atomic E-state index is -3.52. The summed E-state index contributed by atoms with van der Waals surface area (Å²) >= 11 is 0. The van der Waals surface area contributed by atoms with E-state index in [4.69, 9.17) is 9.47 Å². The summed E-state index contributed by atoms with van der Waals surface area (Å²) in [6, 6.07) is -0.893. The van der Waals surface area contributed by atoms with Crippen LogP contribution in [0.3, 0.4) is 0 Å². The number of hydrogen-bond donors (Lipinski definition) is 0. The number of carbonyl (C=O) groups is 1. The van der Waals surface area contributed by atoms with Gasteiger partial charge in [-0.3, -0.25) is 4.79 Å². The highest BCUT2D eigenvalue weighted by Crippen LogP contribution is 2.14. The maximum Gasteiger partial charge on any atom is 0.326 e. The molecule has 0 aromatic heterocycles. The number of carbonyl (C=O) groups excluding carboxylic acids is 1. The molecule has 100 valence electrons. The first kappa shape index (κ1) is 14.4. The van der Waals surface area contributed by atoms with Gasteiger partial charge < -0.3 is 14.2 Å². The molecule has 0 saturated carbocycles. The van der Waals surface area contributed by atoms with Gasteiger partial charge in [-0.15, -0.1) is 0 Å². The maximum atomic E-state index is 12.0. The van der Waals surface area contributed by atoms with E-state index in [1.165, 1.54) is 14.2 Å². The Morgan fingerprint density at radius 1 is 1.47 bits per heavy atom. The first-order valence-corrected chi connectivity index (χ1v) is 6.78. The zero-order chi connectivity index (χ0) is 12.9. The summed E-state index contributed by atoms with van der Waals surface area (Å²) < 4.78 is 39.4. The minimum Gasteiger partial charge on any atom is -0.468 e. The Kier molecular flexibility index (Phi) is 5.31. The zero-order valence-corrected chi connectivity index (χ0v) is 10.7. The largest absolute Gasteiger partial charge is 0.468 e. The fourth-order valence-electron chi connectivity index (χ4n) is 1.55. The topological polar surface area (TPSA) is 82.1 Å². The molecule has 17 heavy (non-hydrogen) atoms. The predicted molar refractivity (Wildman–Crippen MR) is 59.0 cm³/mol. The molecule has 0 spiro atoms. The Labute approximate surface area is 101 Å². The molecule has 0 amide bonds. The van der Waals surface area contributed by atoms with E-state index in [0.29, 0.717) is 0 Å². The van der Waals surface area contributed by atoms with Crippen LogP contribution in [0.15, 0.2) is 0 Å². The highest BCUT2D eigenvalue weighted by Gasteiger charge is 2.37. The van der Waals surface area contributed by atoms with Gasteiger partial charge in [0.1, 0.15) is 6.04 Å². The molecule has 7 nitrogen and oxygen atoms in total. The van der Waals surface area contributed by atoms with Gasteiger partial charge in [0.25, 0.3) is 0 Å². The Hall–Kier alpha value is -0.700. The molecular formula is C9H17NO6S. The van der Waals surface area contributed by atoms with E-state index < -0.39 is 22.0 Å². The van der Waals surface area contributed by atoms with Crippen molar-refractivity contribution >= 4 is 16.0 Å². The second kappa shape index (κ2) is 6.29. The smallest absolute Gasteiger partial charge is 0.326 e. The number of hydrogen-bond acceptors (Lipinski definition) is 6. The lowest BCUT2D eigenvalue weighted by atomic mass is 10.3. The molecule has 8 heteroatoms. The molecule has 1 rings (SSSR count). The highest BCUT2D eigenvalue weighted by atomic mass is 32.2. The molecule has 0 aliphatic carbocycles. The SMILES string of the molecule is COCCS(=O)(=O)N1CCOCC1C(=O)OC. The van der Waals surface area contributed by atoms with Crippen LogP contribution in [0.2, 0.25) is 0 Å². The van der Waals surface area contributed by atoms with Crippen molar-refractivity contribution in [3.63, 3.8) is 0 Å². The summed E-state index contributed by atoms with van der Waals surface area (Å²) in [6.45, 7) is 0.554. The third-order valence-corrected chi connectivity index (χ3v) is 4.29. The number of sulfonamides is 1. The predicted octanol–water partition coefficient (Wildman–Crippen LogP) is -1.16. The molecule has 0 radical (unpaired) electrons. The molecule has 1 unspecified atom stereocenters. The normalized spacial score (nSPS) is 22.4. The van der Waals surface area contributed by atoms with E-state index in [0.717, 1.165) is 4.31 Å². The highest BCUT2D eigenvalue weighted by molar-refractivity contribution is 7.89. The minimum absolute atomic E-state index is 0.0267. The summed E-state index contributed by atoms with van der Waals surface area (Å²) in [7, 11) is -0.880. The molecule has 1 fully saturated rings. The van der Waals surface area contributed by atoms with E-state index in [-0.39, 0.29) is 32.1 Å². The molecule has 1 atom stereocenters. The van der Waals surface area contributed by atoms with Gasteiger partial charge >= 0.3 is 5.97 Å². The van der Waals surface area contributed by atoms with Gasteiger partial charge in [-0.1, -0.05) is 0 Å². The van der Waals surface area contributed by atoms with Gasteiger partial charge in [-0.05, 0) is 0 Å². The number of methoxy groups -OCH3 is 2. The van der Waals surface area contributed by atoms with Crippen molar-refractivity contribution in [3.05, 3.63) is 0 Å². The van der Waals surface area contributed by atoms with Crippen molar-refractivity contribution in [2.45, 2.75) is 6.04 Å². The van der Waals surface area contributed by atoms with E-state index in [2.05, 4.69) is 4.74 Å². The van der Waals surface area contributed by atoms with Crippen molar-refractivity contribution < 1.29 is 27.4 Å². The summed E-state index contributed by atoms with van der Waals surface area (Å²) in [6.07, 6.45) is 0. The van der Waals surface area contributed by atoms with Gasteiger partial charge in [0.15, 0.2) is 0 Å². The quantitative estimate of drug-likeness (QED) is 0.584. The summed E-state index contributed by atoms with van der Waals surface area (Å²) in [5, 5.41) is 0. The van der Waals surface area contributed by atoms with Crippen molar-refractivity contribution in [2.24, 2.45) is 0 Å². The van der Waals surface area contributed by atoms with Crippen LogP contribution in [0, 0.1) is 0 Å². The number of morpholine rings is 1. The Bertz CT molecular complexity index is 354. The van der Waals surface area contributed by atoms with Crippen LogP contribution >= 0.6 is 0 Å². The molecule has 0 N–H and O–H groups in total. The van der Waals surface area contributed by atoms with Crippen LogP contribution in [0.25, 0.3) is 0 Å². The molecule has 1 aliphatic heterocycles. The van der Waals surface area contributed by atoms with Crippen molar-refractivity contribution in [2.75, 3.05) is 46.3 Å². The van der Waals surface area contributed by atoms with Gasteiger partial charge in [-0.25, -0.2) is 8.42 Å². The van der Waals surface area contributed by atoms with E-state index >= 15 is 0 Å². The fraction of sp³-hybridized carbons (Fsp3) is 0.889. The van der Waals surface area contributed by atoms with E-state index in [9.17, 15) is 13.2 Å². The maximum absolute atomic E-state index is 12.0. The lowest BCUT2D eigenvalue weighted by Gasteiger charge is -2.32. The van der Waals surface area contributed by atoms with Crippen molar-refractivity contribution in [1.82, 2.24) is 4.31 Å². The zero-order valence-electron chi connectivity index (χ0n) is 9.92. The monoisotopic (exact) mass is 267 g/mol. The van der Waals surface area contributed by atoms with Gasteiger partial charge in [0.2, 0.25) is 10.0 Å². The Morgan fingerprint density at radius 2 is 2.18 bits per heavy atom. The van der Waals surface area contributed by atoms with Gasteiger partial charge in [0, 0.05) is 13.7 Å². The molecule has 0 aromatic carbocycles. The summed E-state index contributed by atoms with van der Waals surface area (Å²) in [4.78, 5) is 11.5. The molecule has 1 aliphatic rings. The molecule has 0 bridgehead atoms. The van der Waals surface area contributed by atoms with Crippen molar-refractivity contribution in [3.8, 4) is 0 Å². The van der Waals surface area contributed by atoms with Crippen molar-refractivity contribution in [1.29, 1.82) is 0 Å². The van der Waals surface area contributed by atoms with E-state index in [1.807, 2.05) is 0 Å². The van der Waals surface area contributed by atoms with Gasteiger partial charge in [-0.2, -0.15) is 4.31 Å². The van der Waals surface area contributed by atoms with Crippen LogP contribution < -0.4 is 0 Å². The number of nitrogens with zero attached hydrogens (tertiary/aromatic N) is 1. The second-order valence-corrected chi connectivity index (χ2v) is 5.57. The number of esters is 1. The lowest BCUT2D eigenvalue weighted by Crippen LogP contribution is -2.53. The van der Waals surface area contributed by atoms with E-state index in [1.54, 1.807) is 0 Å². The third kappa shape index (κ3) is 3.63. The van der Waals surface area contributed by atoms with Crippen LogP contribution in [0.4, 0.5) is 0 Å². The van der Waals surface area contributed by atoms with Crippen LogP contribution in [-0.2, 0) is 29.0 Å². The molecule has 0 aromatic rings. The third-order valence-electron chi connectivity index (χ3n) is 2.46. The average Bonchev–Trinajstić information content (AvgIpc) is 2.35. The first-order chi connectivity index (χ1) is 8.03. The fourth-order valence-corrected chi connectivity index (χ4v) is 3.05. The second-order valence-electron chi connectivity index (χ2n) is 3.53. The first-order valence-electron chi connectivity index (χ1n) is 5.17. The van der Waals surface area contributed by atoms with Gasteiger partial charge in [0.05, 0.1) is 32.7 Å². The Balaban J connectivity index is 2.80. The standard InChI is InChI=1S/C9H17NO6S/c1-14-5-6-17(12,13)10-3-4-16-7-8(10)9(11)15-2/h8H,3-7H2,1-2H3. The van der Waals surface area contributed by atoms with Crippen LogP contribution in [-0.4, -0.2) is 71.1 Å². The molecule has 1 heterocycles. The average molecular weight is 267 g/mol. The van der Waals surface area contributed by atoms with Crippen LogP contribution in [0.5, 0.6) is 0 Å². The molecule has 1 saturated heterocycles. The van der Waals surface area contributed by atoms with Crippen LogP contribution in [0.1, 0.15) is 0 Å². The lowest BCUT2D eigenvalue weighted by molar-refractivity contribution is -0.149. The number of ether oxygens (including phenoxy) is 3. The molecular weight excluding hydrogens is 250 g/mol. The summed E-state index contributed by atoms with van der Waals surface area (Å²) in [5.74, 6) is -0.762. The number of rotatable bonds is 5.